The van der Waals surface area contributed by atoms with Gasteiger partial charge in [-0.25, -0.2) is 0 Å². The summed E-state index contributed by atoms with van der Waals surface area (Å²) in [7, 11) is 0. The Morgan fingerprint density at radius 3 is 2.78 bits per heavy atom. The minimum atomic E-state index is -0.312. The van der Waals surface area contributed by atoms with Gasteiger partial charge in [0, 0.05) is 28.9 Å². The third kappa shape index (κ3) is 1.78. The summed E-state index contributed by atoms with van der Waals surface area (Å²) in [6.45, 7) is 0. The summed E-state index contributed by atoms with van der Waals surface area (Å²) in [6.07, 6.45) is 5.35. The molecule has 2 heterocycles. The van der Waals surface area contributed by atoms with Crippen LogP contribution in [0.1, 0.15) is 12.0 Å². The number of benzene rings is 1. The predicted octanol–water partition coefficient (Wildman–Crippen LogP) is 1.66. The minimum absolute atomic E-state index is 0.141. The summed E-state index contributed by atoms with van der Waals surface area (Å²) >= 11 is 0. The van der Waals surface area contributed by atoms with E-state index in [0.29, 0.717) is 5.57 Å². The second-order valence-corrected chi connectivity index (χ2v) is 4.17. The van der Waals surface area contributed by atoms with E-state index in [0.717, 1.165) is 16.3 Å². The second kappa shape index (κ2) is 4.07. The molecule has 4 heteroatoms. The van der Waals surface area contributed by atoms with Gasteiger partial charge in [-0.3, -0.25) is 19.9 Å². The maximum atomic E-state index is 11.5. The molecule has 0 atom stereocenters. The van der Waals surface area contributed by atoms with E-state index in [9.17, 15) is 9.59 Å². The topological polar surface area (TPSA) is 59.1 Å². The molecule has 1 aromatic heterocycles. The number of fused-ring (bicyclic) bond motifs is 1. The van der Waals surface area contributed by atoms with E-state index in [1.165, 1.54) is 0 Å². The average Bonchev–Trinajstić information content (AvgIpc) is 2.68. The zero-order valence-corrected chi connectivity index (χ0v) is 9.51. The highest BCUT2D eigenvalue weighted by molar-refractivity contribution is 6.16. The molecule has 0 saturated carbocycles. The van der Waals surface area contributed by atoms with E-state index in [-0.39, 0.29) is 18.2 Å². The number of nitrogens with one attached hydrogen (secondary N) is 1. The van der Waals surface area contributed by atoms with E-state index >= 15 is 0 Å². The molecule has 0 bridgehead atoms. The van der Waals surface area contributed by atoms with Crippen LogP contribution in [0.25, 0.3) is 16.8 Å². The third-order valence-corrected chi connectivity index (χ3v) is 2.92. The number of imide groups is 1. The first kappa shape index (κ1) is 10.7. The maximum absolute atomic E-state index is 11.5. The van der Waals surface area contributed by atoms with E-state index < -0.39 is 0 Å². The van der Waals surface area contributed by atoms with Gasteiger partial charge in [0.15, 0.2) is 0 Å². The third-order valence-electron chi connectivity index (χ3n) is 2.92. The maximum Gasteiger partial charge on any atom is 0.254 e. The average molecular weight is 238 g/mol. The largest absolute Gasteiger partial charge is 0.292 e. The van der Waals surface area contributed by atoms with Crippen molar-refractivity contribution < 1.29 is 9.59 Å². The van der Waals surface area contributed by atoms with Crippen molar-refractivity contribution in [2.75, 3.05) is 0 Å². The molecule has 0 unspecified atom stereocenters. The molecule has 1 aliphatic rings. The quantitative estimate of drug-likeness (QED) is 0.607. The molecular formula is C14H10N2O2. The SMILES string of the molecule is O=C1C/C(=C/c2cncc3ccccc23)C(=O)N1. The van der Waals surface area contributed by atoms with Crippen LogP contribution in [-0.4, -0.2) is 16.8 Å². The lowest BCUT2D eigenvalue weighted by atomic mass is 10.0. The molecule has 1 fully saturated rings. The number of pyridine rings is 1. The number of nitrogens with zero attached hydrogens (tertiary/aromatic N) is 1. The van der Waals surface area contributed by atoms with Gasteiger partial charge in [-0.05, 0) is 11.5 Å². The van der Waals surface area contributed by atoms with Gasteiger partial charge in [0.25, 0.3) is 5.91 Å². The summed E-state index contributed by atoms with van der Waals surface area (Å²) < 4.78 is 0. The van der Waals surface area contributed by atoms with E-state index in [2.05, 4.69) is 10.3 Å². The zero-order valence-electron chi connectivity index (χ0n) is 9.51. The van der Waals surface area contributed by atoms with Crippen molar-refractivity contribution >= 4 is 28.7 Å². The highest BCUT2D eigenvalue weighted by Gasteiger charge is 2.23. The lowest BCUT2D eigenvalue weighted by molar-refractivity contribution is -0.124. The normalized spacial score (nSPS) is 17.4. The number of carbonyl (C=O) groups excluding carboxylic acids is 2. The lowest BCUT2D eigenvalue weighted by Crippen LogP contribution is -2.19. The molecule has 1 N–H and O–H groups in total. The summed E-state index contributed by atoms with van der Waals surface area (Å²) in [5.41, 5.74) is 1.34. The molecule has 1 aromatic carbocycles. The Balaban J connectivity index is 2.13. The summed E-state index contributed by atoms with van der Waals surface area (Å²) in [5, 5.41) is 4.30. The highest BCUT2D eigenvalue weighted by atomic mass is 16.2. The fraction of sp³-hybridized carbons (Fsp3) is 0.0714. The van der Waals surface area contributed by atoms with Crippen LogP contribution >= 0.6 is 0 Å². The molecular weight excluding hydrogens is 228 g/mol. The van der Waals surface area contributed by atoms with Crippen molar-refractivity contribution in [2.45, 2.75) is 6.42 Å². The zero-order chi connectivity index (χ0) is 12.5. The van der Waals surface area contributed by atoms with Crippen LogP contribution < -0.4 is 5.32 Å². The smallest absolute Gasteiger partial charge is 0.254 e. The van der Waals surface area contributed by atoms with Gasteiger partial charge in [-0.1, -0.05) is 24.3 Å². The molecule has 0 aliphatic carbocycles. The first-order valence-corrected chi connectivity index (χ1v) is 5.61. The van der Waals surface area contributed by atoms with Crippen LogP contribution in [0.3, 0.4) is 0 Å². The first-order chi connectivity index (χ1) is 8.74. The van der Waals surface area contributed by atoms with E-state index in [1.807, 2.05) is 24.3 Å². The van der Waals surface area contributed by atoms with Crippen LogP contribution in [0.5, 0.6) is 0 Å². The molecule has 88 valence electrons. The highest BCUT2D eigenvalue weighted by Crippen LogP contribution is 2.21. The van der Waals surface area contributed by atoms with Crippen LogP contribution in [-0.2, 0) is 9.59 Å². The minimum Gasteiger partial charge on any atom is -0.292 e. The first-order valence-electron chi connectivity index (χ1n) is 5.61. The van der Waals surface area contributed by atoms with Gasteiger partial charge >= 0.3 is 0 Å². The van der Waals surface area contributed by atoms with Crippen LogP contribution in [0.2, 0.25) is 0 Å². The molecule has 2 aromatic rings. The Bertz CT molecular complexity index is 684. The monoisotopic (exact) mass is 238 g/mol. The van der Waals surface area contributed by atoms with Gasteiger partial charge < -0.3 is 0 Å². The van der Waals surface area contributed by atoms with E-state index in [4.69, 9.17) is 0 Å². The molecule has 4 nitrogen and oxygen atoms in total. The molecule has 0 spiro atoms. The van der Waals surface area contributed by atoms with Crippen molar-refractivity contribution in [3.8, 4) is 0 Å². The Morgan fingerprint density at radius 1 is 1.17 bits per heavy atom. The predicted molar refractivity (Wildman–Crippen MR) is 67.5 cm³/mol. The Hall–Kier alpha value is -2.49. The number of amides is 2. The van der Waals surface area contributed by atoms with Crippen molar-refractivity contribution in [2.24, 2.45) is 0 Å². The van der Waals surface area contributed by atoms with Gasteiger partial charge in [-0.15, -0.1) is 0 Å². The molecule has 2 amide bonds. The molecule has 1 saturated heterocycles. The summed E-state index contributed by atoms with van der Waals surface area (Å²) in [5.74, 6) is -0.563. The summed E-state index contributed by atoms with van der Waals surface area (Å²) in [6, 6.07) is 7.80. The Kier molecular flexibility index (Phi) is 2.41. The number of hydrogen-bond acceptors (Lipinski definition) is 3. The Morgan fingerprint density at radius 2 is 2.00 bits per heavy atom. The van der Waals surface area contributed by atoms with Crippen molar-refractivity contribution in [3.63, 3.8) is 0 Å². The second-order valence-electron chi connectivity index (χ2n) is 4.17. The van der Waals surface area contributed by atoms with Crippen molar-refractivity contribution in [3.05, 3.63) is 47.8 Å². The van der Waals surface area contributed by atoms with Gasteiger partial charge in [0.2, 0.25) is 5.91 Å². The lowest BCUT2D eigenvalue weighted by Gasteiger charge is -2.01. The van der Waals surface area contributed by atoms with Crippen LogP contribution in [0.4, 0.5) is 0 Å². The number of hydrogen-bond donors (Lipinski definition) is 1. The Labute approximate surface area is 103 Å². The van der Waals surface area contributed by atoms with Crippen molar-refractivity contribution in [1.82, 2.24) is 10.3 Å². The molecule has 1 aliphatic heterocycles. The van der Waals surface area contributed by atoms with E-state index in [1.54, 1.807) is 18.5 Å². The molecule has 18 heavy (non-hydrogen) atoms. The fourth-order valence-corrected chi connectivity index (χ4v) is 2.06. The van der Waals surface area contributed by atoms with Gasteiger partial charge in [-0.2, -0.15) is 0 Å². The van der Waals surface area contributed by atoms with Gasteiger partial charge in [0.05, 0.1) is 6.42 Å². The number of carbonyl (C=O) groups is 2. The molecule has 0 radical (unpaired) electrons. The summed E-state index contributed by atoms with van der Waals surface area (Å²) in [4.78, 5) is 26.8. The number of rotatable bonds is 1. The van der Waals surface area contributed by atoms with Crippen LogP contribution in [0.15, 0.2) is 42.2 Å². The fourth-order valence-electron chi connectivity index (χ4n) is 2.06. The van der Waals surface area contributed by atoms with Crippen LogP contribution in [0, 0.1) is 0 Å². The molecule has 3 rings (SSSR count). The standard InChI is InChI=1S/C14H10N2O2/c17-13-6-10(14(18)16-13)5-11-8-15-7-9-3-1-2-4-12(9)11/h1-5,7-8H,6H2,(H,16,17,18)/b10-5-. The number of aromatic nitrogens is 1. The van der Waals surface area contributed by atoms with Crippen molar-refractivity contribution in [1.29, 1.82) is 0 Å². The van der Waals surface area contributed by atoms with Gasteiger partial charge in [0.1, 0.15) is 0 Å².